The first-order valence-corrected chi connectivity index (χ1v) is 9.99. The van der Waals surface area contributed by atoms with Gasteiger partial charge in [0.25, 0.3) is 0 Å². The predicted octanol–water partition coefficient (Wildman–Crippen LogP) is 3.71. The van der Waals surface area contributed by atoms with Crippen LogP contribution >= 0.6 is 0 Å². The molecule has 0 aliphatic heterocycles. The van der Waals surface area contributed by atoms with Crippen molar-refractivity contribution in [3.05, 3.63) is 0 Å². The van der Waals surface area contributed by atoms with Gasteiger partial charge in [0.15, 0.2) is 0 Å². The van der Waals surface area contributed by atoms with Crippen molar-refractivity contribution < 1.29 is 19.1 Å². The van der Waals surface area contributed by atoms with Crippen molar-refractivity contribution in [3.63, 3.8) is 0 Å². The van der Waals surface area contributed by atoms with E-state index in [0.717, 1.165) is 38.5 Å². The molecule has 7 atom stereocenters. The lowest BCUT2D eigenvalue weighted by molar-refractivity contribution is -0.168. The van der Waals surface area contributed by atoms with Gasteiger partial charge in [0.1, 0.15) is 17.7 Å². The summed E-state index contributed by atoms with van der Waals surface area (Å²) in [5, 5.41) is 0. The molecule has 0 radical (unpaired) electrons. The SMILES string of the molecule is CC(=O)OC1CC[C@@]2(C)C(CC[C@@H]3[C@@H]2C(=O)C[C@]2(C)C(=O)CC[C@@H]32)C1. The Balaban J connectivity index is 1.60. The van der Waals surface area contributed by atoms with Crippen LogP contribution in [0.25, 0.3) is 0 Å². The monoisotopic (exact) mass is 346 g/mol. The van der Waals surface area contributed by atoms with Crippen LogP contribution in [0.15, 0.2) is 0 Å². The van der Waals surface area contributed by atoms with Crippen LogP contribution in [0.4, 0.5) is 0 Å². The number of Topliss-reactive ketones (excluding diaryl/α,β-unsaturated/α-hetero) is 2. The first-order chi connectivity index (χ1) is 11.8. The summed E-state index contributed by atoms with van der Waals surface area (Å²) in [5.74, 6) is 1.78. The number of hydrogen-bond acceptors (Lipinski definition) is 4. The van der Waals surface area contributed by atoms with Crippen LogP contribution in [-0.4, -0.2) is 23.6 Å². The molecule has 25 heavy (non-hydrogen) atoms. The molecular weight excluding hydrogens is 316 g/mol. The molecule has 0 amide bonds. The highest BCUT2D eigenvalue weighted by atomic mass is 16.5. The van der Waals surface area contributed by atoms with Crippen LogP contribution in [-0.2, 0) is 19.1 Å². The van der Waals surface area contributed by atoms with Crippen molar-refractivity contribution in [3.8, 4) is 0 Å². The van der Waals surface area contributed by atoms with E-state index in [2.05, 4.69) is 6.92 Å². The Labute approximate surface area is 150 Å². The molecule has 0 spiro atoms. The molecule has 4 aliphatic carbocycles. The van der Waals surface area contributed by atoms with Gasteiger partial charge < -0.3 is 4.74 Å². The van der Waals surface area contributed by atoms with Gasteiger partial charge in [0, 0.05) is 31.1 Å². The summed E-state index contributed by atoms with van der Waals surface area (Å²) in [5.41, 5.74) is -0.375. The number of fused-ring (bicyclic) bond motifs is 5. The topological polar surface area (TPSA) is 60.4 Å². The maximum atomic E-state index is 13.2. The lowest BCUT2D eigenvalue weighted by Gasteiger charge is -2.59. The van der Waals surface area contributed by atoms with Crippen LogP contribution < -0.4 is 0 Å². The summed E-state index contributed by atoms with van der Waals surface area (Å²) < 4.78 is 5.48. The Bertz CT molecular complexity index is 625. The lowest BCUT2D eigenvalue weighted by Crippen LogP contribution is -2.57. The molecular formula is C21H30O4. The van der Waals surface area contributed by atoms with Crippen LogP contribution in [0.1, 0.15) is 72.1 Å². The van der Waals surface area contributed by atoms with Crippen molar-refractivity contribution in [1.82, 2.24) is 0 Å². The average Bonchev–Trinajstić information content (AvgIpc) is 2.82. The van der Waals surface area contributed by atoms with E-state index in [4.69, 9.17) is 4.74 Å². The first-order valence-electron chi connectivity index (χ1n) is 9.99. The minimum absolute atomic E-state index is 0.0175. The Morgan fingerprint density at radius 1 is 1.12 bits per heavy atom. The highest BCUT2D eigenvalue weighted by molar-refractivity contribution is 5.95. The van der Waals surface area contributed by atoms with Crippen LogP contribution in [0, 0.1) is 34.5 Å². The normalized spacial score (nSPS) is 49.2. The maximum Gasteiger partial charge on any atom is 0.302 e. The molecule has 4 aliphatic rings. The third-order valence-electron chi connectivity index (χ3n) is 8.35. The van der Waals surface area contributed by atoms with E-state index in [-0.39, 0.29) is 23.4 Å². The Morgan fingerprint density at radius 2 is 1.88 bits per heavy atom. The Kier molecular flexibility index (Phi) is 3.90. The molecule has 0 saturated heterocycles. The molecule has 138 valence electrons. The molecule has 4 heteroatoms. The first kappa shape index (κ1) is 17.2. The van der Waals surface area contributed by atoms with Gasteiger partial charge in [-0.15, -0.1) is 0 Å². The number of carbonyl (C=O) groups excluding carboxylic acids is 3. The second-order valence-electron chi connectivity index (χ2n) is 9.56. The van der Waals surface area contributed by atoms with E-state index < -0.39 is 5.41 Å². The summed E-state index contributed by atoms with van der Waals surface area (Å²) in [6, 6.07) is 0. The average molecular weight is 346 g/mol. The summed E-state index contributed by atoms with van der Waals surface area (Å²) in [4.78, 5) is 37.0. The maximum absolute atomic E-state index is 13.2. The fraction of sp³-hybridized carbons (Fsp3) is 0.857. The molecule has 4 fully saturated rings. The van der Waals surface area contributed by atoms with Crippen molar-refractivity contribution in [2.75, 3.05) is 0 Å². The third-order valence-corrected chi connectivity index (χ3v) is 8.35. The second kappa shape index (κ2) is 5.65. The molecule has 0 aromatic heterocycles. The quantitative estimate of drug-likeness (QED) is 0.679. The molecule has 4 rings (SSSR count). The molecule has 2 unspecified atom stereocenters. The number of rotatable bonds is 1. The minimum Gasteiger partial charge on any atom is -0.463 e. The van der Waals surface area contributed by atoms with Gasteiger partial charge in [-0.1, -0.05) is 13.8 Å². The van der Waals surface area contributed by atoms with Gasteiger partial charge in [-0.05, 0) is 61.7 Å². The standard InChI is InChI=1S/C21H30O4/c1-12(22)25-14-8-9-20(2)13(10-14)4-5-15-16-6-7-18(24)21(16,3)11-17(23)19(15)20/h13-16,19H,4-11H2,1-3H3/t13?,14?,15-,16-,19+,20-,21-/m0/s1. The van der Waals surface area contributed by atoms with E-state index in [1.165, 1.54) is 6.92 Å². The summed E-state index contributed by atoms with van der Waals surface area (Å²) >= 11 is 0. The molecule has 4 nitrogen and oxygen atoms in total. The number of esters is 1. The smallest absolute Gasteiger partial charge is 0.302 e. The molecule has 0 N–H and O–H groups in total. The fourth-order valence-corrected chi connectivity index (χ4v) is 7.15. The molecule has 0 aromatic rings. The van der Waals surface area contributed by atoms with Crippen LogP contribution in [0.5, 0.6) is 0 Å². The van der Waals surface area contributed by atoms with E-state index >= 15 is 0 Å². The van der Waals surface area contributed by atoms with Gasteiger partial charge in [0.05, 0.1) is 0 Å². The minimum atomic E-state index is -0.392. The van der Waals surface area contributed by atoms with Gasteiger partial charge in [-0.2, -0.15) is 0 Å². The summed E-state index contributed by atoms with van der Waals surface area (Å²) in [6.07, 6.45) is 6.97. The number of carbonyl (C=O) groups is 3. The van der Waals surface area contributed by atoms with Gasteiger partial charge in [0.2, 0.25) is 0 Å². The van der Waals surface area contributed by atoms with E-state index in [0.29, 0.717) is 42.2 Å². The van der Waals surface area contributed by atoms with Crippen molar-refractivity contribution in [1.29, 1.82) is 0 Å². The predicted molar refractivity (Wildman–Crippen MR) is 92.7 cm³/mol. The van der Waals surface area contributed by atoms with Gasteiger partial charge >= 0.3 is 5.97 Å². The van der Waals surface area contributed by atoms with Crippen molar-refractivity contribution in [2.24, 2.45) is 34.5 Å². The summed E-state index contributed by atoms with van der Waals surface area (Å²) in [6.45, 7) is 5.83. The highest BCUT2D eigenvalue weighted by Crippen LogP contribution is 2.64. The fourth-order valence-electron chi connectivity index (χ4n) is 7.15. The van der Waals surface area contributed by atoms with Crippen LogP contribution in [0.3, 0.4) is 0 Å². The van der Waals surface area contributed by atoms with Crippen molar-refractivity contribution >= 4 is 17.5 Å². The zero-order valence-corrected chi connectivity index (χ0v) is 15.7. The van der Waals surface area contributed by atoms with Gasteiger partial charge in [-0.25, -0.2) is 0 Å². The molecule has 0 heterocycles. The molecule has 4 saturated carbocycles. The zero-order chi connectivity index (χ0) is 18.0. The molecule has 0 aromatic carbocycles. The van der Waals surface area contributed by atoms with Gasteiger partial charge in [-0.3, -0.25) is 14.4 Å². The number of ketones is 2. The zero-order valence-electron chi connectivity index (χ0n) is 15.7. The summed E-state index contributed by atoms with van der Waals surface area (Å²) in [7, 11) is 0. The largest absolute Gasteiger partial charge is 0.463 e. The number of hydrogen-bond donors (Lipinski definition) is 0. The highest BCUT2D eigenvalue weighted by Gasteiger charge is 2.63. The lowest BCUT2D eigenvalue weighted by atomic mass is 9.45. The third kappa shape index (κ3) is 2.43. The van der Waals surface area contributed by atoms with Crippen LogP contribution in [0.2, 0.25) is 0 Å². The van der Waals surface area contributed by atoms with E-state index in [1.807, 2.05) is 6.92 Å². The second-order valence-corrected chi connectivity index (χ2v) is 9.56. The number of ether oxygens (including phenoxy) is 1. The molecule has 0 bridgehead atoms. The van der Waals surface area contributed by atoms with E-state index in [1.54, 1.807) is 0 Å². The van der Waals surface area contributed by atoms with Crippen molar-refractivity contribution in [2.45, 2.75) is 78.2 Å². The Hall–Kier alpha value is -1.19. The van der Waals surface area contributed by atoms with E-state index in [9.17, 15) is 14.4 Å². The Morgan fingerprint density at radius 3 is 2.60 bits per heavy atom.